The van der Waals surface area contributed by atoms with Crippen LogP contribution in [-0.4, -0.2) is 97.5 Å². The van der Waals surface area contributed by atoms with Crippen molar-refractivity contribution >= 4 is 52.9 Å². The van der Waals surface area contributed by atoms with Crippen molar-refractivity contribution in [2.24, 2.45) is 0 Å². The second-order valence-electron chi connectivity index (χ2n) is 10.2. The van der Waals surface area contributed by atoms with Crippen LogP contribution in [0.1, 0.15) is 32.2 Å². The average Bonchev–Trinajstić information content (AvgIpc) is 3.68. The normalized spacial score (nSPS) is 31.3. The predicted octanol–water partition coefficient (Wildman–Crippen LogP) is -0.317. The number of aliphatic hydroxyl groups excluding tert-OH is 2. The van der Waals surface area contributed by atoms with Crippen molar-refractivity contribution in [3.05, 3.63) is 23.0 Å². The number of nitrogens with one attached hydrogen (secondary N) is 1. The number of nitrogens with two attached hydrogens (primary N) is 2. The molecule has 6 heterocycles. The van der Waals surface area contributed by atoms with Crippen molar-refractivity contribution in [3.63, 3.8) is 0 Å². The van der Waals surface area contributed by atoms with Crippen LogP contribution < -0.4 is 17.0 Å². The van der Waals surface area contributed by atoms with E-state index in [-0.39, 0.29) is 35.8 Å². The number of nitrogens with zero attached hydrogens (tertiary/aromatic N) is 8. The van der Waals surface area contributed by atoms with Crippen molar-refractivity contribution in [1.29, 1.82) is 0 Å². The fourth-order valence-electron chi connectivity index (χ4n) is 5.20. The lowest BCUT2D eigenvalue weighted by Crippen LogP contribution is -2.41. The lowest BCUT2D eigenvalue weighted by molar-refractivity contribution is -0.109. The average molecular weight is 628 g/mol. The van der Waals surface area contributed by atoms with Crippen LogP contribution in [0.3, 0.4) is 0 Å². The van der Waals surface area contributed by atoms with Gasteiger partial charge in [-0.1, -0.05) is 17.5 Å². The van der Waals surface area contributed by atoms with E-state index in [2.05, 4.69) is 47.5 Å². The van der Waals surface area contributed by atoms with E-state index in [4.69, 9.17) is 25.5 Å². The zero-order valence-corrected chi connectivity index (χ0v) is 23.7. The number of alkyl halides is 1. The van der Waals surface area contributed by atoms with Crippen molar-refractivity contribution in [2.45, 2.75) is 61.9 Å². The van der Waals surface area contributed by atoms with Gasteiger partial charge in [0.25, 0.3) is 12.1 Å². The SMILES string of the molecule is C[C@]1(COP(=O)(S)[C@@H]2[C@@H](F)[C@@H](CCO)O[C@H]2n2nnc3c(=O)[nH]c(N)nc32)O[C@@H](n2cnc3c(N)ncnc32)C[C@@H]1O. The highest BCUT2D eigenvalue weighted by Gasteiger charge is 2.56. The quantitative estimate of drug-likeness (QED) is 0.108. The number of H-pyrrole nitrogens is 1. The summed E-state index contributed by atoms with van der Waals surface area (Å²) in [6, 6.07) is 0. The number of fused-ring (bicyclic) bond motifs is 2. The molecule has 2 aliphatic heterocycles. The fraction of sp³-hybridized carbons (Fsp3) is 0.571. The maximum Gasteiger partial charge on any atom is 0.282 e. The van der Waals surface area contributed by atoms with Crippen LogP contribution >= 0.6 is 18.8 Å². The number of anilines is 2. The van der Waals surface area contributed by atoms with Crippen LogP contribution in [0.15, 0.2) is 17.4 Å². The van der Waals surface area contributed by atoms with Crippen LogP contribution in [0, 0.1) is 0 Å². The molecule has 42 heavy (non-hydrogen) atoms. The van der Waals surface area contributed by atoms with Crippen LogP contribution in [0.2, 0.25) is 0 Å². The number of hydrogen-bond donors (Lipinski definition) is 6. The summed E-state index contributed by atoms with van der Waals surface area (Å²) in [5.41, 5.74) is 8.25. The van der Waals surface area contributed by atoms with Gasteiger partial charge in [-0.3, -0.25) is 18.9 Å². The molecule has 1 unspecified atom stereocenters. The summed E-state index contributed by atoms with van der Waals surface area (Å²) in [6.07, 6.45) is -3.78. The van der Waals surface area contributed by atoms with Gasteiger partial charge in [0.1, 0.15) is 35.5 Å². The molecule has 0 radical (unpaired) electrons. The van der Waals surface area contributed by atoms with Gasteiger partial charge in [-0.2, -0.15) is 9.67 Å². The fourth-order valence-corrected chi connectivity index (χ4v) is 7.79. The lowest BCUT2D eigenvalue weighted by Gasteiger charge is -2.31. The van der Waals surface area contributed by atoms with Gasteiger partial charge in [0.2, 0.25) is 5.95 Å². The number of nitrogen functional groups attached to an aromatic ring is 2. The molecule has 0 bridgehead atoms. The minimum atomic E-state index is -4.27. The maximum atomic E-state index is 15.8. The number of imidazole rings is 1. The Hall–Kier alpha value is -3.26. The Labute approximate surface area is 240 Å². The van der Waals surface area contributed by atoms with Crippen LogP contribution in [-0.2, 0) is 18.6 Å². The minimum Gasteiger partial charge on any atom is -0.396 e. The minimum absolute atomic E-state index is 0.0954. The largest absolute Gasteiger partial charge is 0.396 e. The molecule has 0 aliphatic carbocycles. The number of aromatic nitrogens is 9. The first kappa shape index (κ1) is 28.8. The summed E-state index contributed by atoms with van der Waals surface area (Å²) in [4.78, 5) is 30.9. The molecule has 2 saturated heterocycles. The first-order valence-corrected chi connectivity index (χ1v) is 15.5. The molecular formula is C21H27FN11O7PS. The van der Waals surface area contributed by atoms with E-state index in [0.717, 1.165) is 4.68 Å². The van der Waals surface area contributed by atoms with Gasteiger partial charge in [-0.05, 0) is 13.3 Å². The van der Waals surface area contributed by atoms with Gasteiger partial charge in [-0.15, -0.1) is 5.10 Å². The summed E-state index contributed by atoms with van der Waals surface area (Å²) in [6.45, 7) is -3.61. The Morgan fingerprint density at radius 3 is 2.86 bits per heavy atom. The molecule has 8 atom stereocenters. The molecule has 0 spiro atoms. The van der Waals surface area contributed by atoms with E-state index < -0.39 is 67.4 Å². The topological polar surface area (TPSA) is 257 Å². The molecule has 0 aromatic carbocycles. The number of ether oxygens (including phenoxy) is 2. The van der Waals surface area contributed by atoms with Gasteiger partial charge >= 0.3 is 0 Å². The number of aromatic amines is 1. The highest BCUT2D eigenvalue weighted by atomic mass is 32.7. The third-order valence-electron chi connectivity index (χ3n) is 7.44. The Kier molecular flexibility index (Phi) is 7.19. The van der Waals surface area contributed by atoms with Crippen LogP contribution in [0.5, 0.6) is 0 Å². The first-order chi connectivity index (χ1) is 19.9. The van der Waals surface area contributed by atoms with Crippen molar-refractivity contribution in [3.8, 4) is 0 Å². The number of rotatable bonds is 8. The molecule has 4 aromatic heterocycles. The highest BCUT2D eigenvalue weighted by molar-refractivity contribution is 8.46. The standard InChI is InChI=1S/C21H27FN11O7PS/c1-21(9(35)4-10(40-21)32-7-27-12-15(23)25-6-26-16(12)32)5-38-41(37,42)14-11(22)8(2-3-34)39-19(14)33-17-13(30-31-33)18(36)29-20(24)28-17/h6-11,14,19,34-35H,2-5H2,1H3,(H,37,42)(H2,23,25,26)(H3,24,28,29,36)/t8-,9+,10-,11+,14-,19-,21-,41?/m1/s1. The number of halogens is 1. The Balaban J connectivity index is 1.26. The smallest absolute Gasteiger partial charge is 0.282 e. The second-order valence-corrected chi connectivity index (χ2v) is 13.9. The van der Waals surface area contributed by atoms with E-state index >= 15 is 4.39 Å². The third kappa shape index (κ3) is 4.72. The van der Waals surface area contributed by atoms with Crippen molar-refractivity contribution in [2.75, 3.05) is 24.7 Å². The molecule has 2 fully saturated rings. The van der Waals surface area contributed by atoms with E-state index in [0.29, 0.717) is 11.2 Å². The van der Waals surface area contributed by atoms with E-state index in [1.165, 1.54) is 12.7 Å². The van der Waals surface area contributed by atoms with Gasteiger partial charge in [0.05, 0.1) is 25.1 Å². The molecule has 4 aromatic rings. The molecule has 6 rings (SSSR count). The van der Waals surface area contributed by atoms with E-state index in [9.17, 15) is 19.6 Å². The summed E-state index contributed by atoms with van der Waals surface area (Å²) < 4.78 is 50.0. The van der Waals surface area contributed by atoms with Crippen LogP contribution in [0.4, 0.5) is 16.2 Å². The maximum absolute atomic E-state index is 15.8. The second kappa shape index (κ2) is 10.5. The third-order valence-corrected chi connectivity index (χ3v) is 10.4. The predicted molar refractivity (Wildman–Crippen MR) is 146 cm³/mol. The van der Waals surface area contributed by atoms with Gasteiger partial charge in [-0.25, -0.2) is 19.3 Å². The molecule has 226 valence electrons. The lowest BCUT2D eigenvalue weighted by atomic mass is 10.0. The Morgan fingerprint density at radius 1 is 1.31 bits per heavy atom. The van der Waals surface area contributed by atoms with Gasteiger partial charge in [0, 0.05) is 13.0 Å². The highest BCUT2D eigenvalue weighted by Crippen LogP contribution is 2.65. The molecule has 0 amide bonds. The zero-order valence-electron chi connectivity index (χ0n) is 21.9. The Bertz CT molecular complexity index is 1750. The molecule has 18 nitrogen and oxygen atoms in total. The van der Waals surface area contributed by atoms with Crippen molar-refractivity contribution < 1.29 is 33.2 Å². The first-order valence-electron chi connectivity index (χ1n) is 12.7. The van der Waals surface area contributed by atoms with Crippen LogP contribution in [0.25, 0.3) is 22.3 Å². The van der Waals surface area contributed by atoms with Gasteiger partial charge < -0.3 is 35.7 Å². The summed E-state index contributed by atoms with van der Waals surface area (Å²) in [5, 5.41) is 28.0. The Morgan fingerprint density at radius 2 is 2.10 bits per heavy atom. The molecule has 21 heteroatoms. The molecular weight excluding hydrogens is 600 g/mol. The van der Waals surface area contributed by atoms with E-state index in [1.54, 1.807) is 11.5 Å². The monoisotopic (exact) mass is 627 g/mol. The summed E-state index contributed by atoms with van der Waals surface area (Å²) in [5.74, 6) is -0.0787. The number of aliphatic hydroxyl groups is 2. The number of thiol groups is 1. The zero-order chi connectivity index (χ0) is 30.0. The number of hydrogen-bond acceptors (Lipinski definition) is 15. The molecule has 0 saturated carbocycles. The molecule has 2 aliphatic rings. The van der Waals surface area contributed by atoms with Gasteiger partial charge in [0.15, 0.2) is 28.9 Å². The van der Waals surface area contributed by atoms with Crippen molar-refractivity contribution in [1.82, 2.24) is 44.5 Å². The summed E-state index contributed by atoms with van der Waals surface area (Å²) in [7, 11) is 0. The summed E-state index contributed by atoms with van der Waals surface area (Å²) >= 11 is 4.25. The molecule has 7 N–H and O–H groups in total. The van der Waals surface area contributed by atoms with E-state index in [1.807, 2.05) is 0 Å².